The molecule has 0 aliphatic heterocycles. The number of rotatable bonds is 16. The first kappa shape index (κ1) is 31.9. The van der Waals surface area contributed by atoms with Crippen molar-refractivity contribution in [2.24, 2.45) is 0 Å². The molecule has 0 aromatic rings. The molecule has 0 rings (SSSR count). The summed E-state index contributed by atoms with van der Waals surface area (Å²) in [5.41, 5.74) is 0. The second-order valence-corrected chi connectivity index (χ2v) is 7.57. The molecule has 0 aliphatic rings. The molecular weight excluding hydrogens is 382 g/mol. The standard InChI is InChI=1S/C18H36O2.K.H3O4P/c1-2-3-4-5-6-7-8-9-10-11-12-13-14-15-16-17-18(19)20;;1-5(2,3)4/h2-17H2,1H3,(H,19,20);;(H3,1,2,3,4)/q;+1;/p-1. The van der Waals surface area contributed by atoms with E-state index in [2.05, 4.69) is 6.92 Å². The third-order valence-electron chi connectivity index (χ3n) is 3.99. The van der Waals surface area contributed by atoms with Crippen molar-refractivity contribution >= 4 is 13.8 Å². The normalized spacial score (nSPS) is 10.6. The summed E-state index contributed by atoms with van der Waals surface area (Å²) in [6.45, 7) is 2.27. The molecule has 0 saturated carbocycles. The van der Waals surface area contributed by atoms with Gasteiger partial charge in [-0.25, -0.2) is 0 Å². The Morgan fingerprint density at radius 3 is 1.19 bits per heavy atom. The number of unbranched alkanes of at least 4 members (excludes halogenated alkanes) is 14. The summed E-state index contributed by atoms with van der Waals surface area (Å²) in [6.07, 6.45) is 20.2. The molecule has 3 N–H and O–H groups in total. The van der Waals surface area contributed by atoms with E-state index >= 15 is 0 Å². The zero-order valence-corrected chi connectivity index (χ0v) is 20.8. The summed E-state index contributed by atoms with van der Waals surface area (Å²) in [4.78, 5) is 33.3. The molecule has 8 heteroatoms. The Balaban J connectivity index is -0.000000772. The molecule has 0 atom stereocenters. The topological polar surface area (TPSA) is 118 Å². The maximum Gasteiger partial charge on any atom is 1.00 e. The van der Waals surface area contributed by atoms with E-state index in [4.69, 9.17) is 24.4 Å². The van der Waals surface area contributed by atoms with Crippen LogP contribution < -0.4 is 56.3 Å². The van der Waals surface area contributed by atoms with Crippen LogP contribution in [0.2, 0.25) is 0 Å². The third-order valence-corrected chi connectivity index (χ3v) is 3.99. The van der Waals surface area contributed by atoms with Crippen LogP contribution in [-0.2, 0) is 9.36 Å². The Hall–Kier alpha value is 1.22. The van der Waals surface area contributed by atoms with Crippen LogP contribution in [0.15, 0.2) is 0 Å². The Morgan fingerprint density at radius 2 is 0.962 bits per heavy atom. The molecule has 152 valence electrons. The van der Waals surface area contributed by atoms with Gasteiger partial charge in [0.25, 0.3) is 7.82 Å². The molecule has 0 fully saturated rings. The minimum atomic E-state index is -4.89. The number of carbonyl (C=O) groups is 1. The molecular formula is C18H38KO6P. The van der Waals surface area contributed by atoms with Gasteiger partial charge in [-0.3, -0.25) is 9.36 Å². The van der Waals surface area contributed by atoms with Gasteiger partial charge in [0, 0.05) is 6.42 Å². The maximum absolute atomic E-state index is 10.3. The van der Waals surface area contributed by atoms with Gasteiger partial charge in [-0.2, -0.15) is 0 Å². The second-order valence-electron chi connectivity index (χ2n) is 6.58. The molecule has 0 aliphatic carbocycles. The van der Waals surface area contributed by atoms with E-state index in [9.17, 15) is 4.79 Å². The summed E-state index contributed by atoms with van der Waals surface area (Å²) in [6, 6.07) is 0. The van der Waals surface area contributed by atoms with Gasteiger partial charge in [0.15, 0.2) is 0 Å². The molecule has 0 spiro atoms. The summed E-state index contributed by atoms with van der Waals surface area (Å²) in [5.74, 6) is -0.653. The first-order valence-electron chi connectivity index (χ1n) is 9.75. The van der Waals surface area contributed by atoms with Crippen LogP contribution in [0.1, 0.15) is 110 Å². The summed E-state index contributed by atoms with van der Waals surface area (Å²) in [7, 11) is -4.89. The van der Waals surface area contributed by atoms with E-state index in [-0.39, 0.29) is 51.4 Å². The van der Waals surface area contributed by atoms with Gasteiger partial charge in [0.2, 0.25) is 0 Å². The van der Waals surface area contributed by atoms with Gasteiger partial charge < -0.3 is 19.8 Å². The molecule has 6 nitrogen and oxygen atoms in total. The average molecular weight is 421 g/mol. The molecule has 0 aromatic carbocycles. The van der Waals surface area contributed by atoms with Gasteiger partial charge in [-0.05, 0) is 6.42 Å². The monoisotopic (exact) mass is 420 g/mol. The Labute approximate surface area is 202 Å². The number of hydrogen-bond acceptors (Lipinski definition) is 3. The molecule has 0 aromatic heterocycles. The molecule has 0 saturated heterocycles. The fraction of sp³-hybridized carbons (Fsp3) is 0.944. The minimum absolute atomic E-state index is 0. The van der Waals surface area contributed by atoms with Gasteiger partial charge in [0.1, 0.15) is 0 Å². The van der Waals surface area contributed by atoms with Crippen molar-refractivity contribution in [3.05, 3.63) is 0 Å². The van der Waals surface area contributed by atoms with E-state index < -0.39 is 13.8 Å². The van der Waals surface area contributed by atoms with Gasteiger partial charge in [0.05, 0.1) is 0 Å². The van der Waals surface area contributed by atoms with Crippen molar-refractivity contribution in [3.8, 4) is 0 Å². The van der Waals surface area contributed by atoms with Crippen LogP contribution in [0.3, 0.4) is 0 Å². The van der Waals surface area contributed by atoms with Crippen molar-refractivity contribution in [1.82, 2.24) is 0 Å². The Kier molecular flexibility index (Phi) is 29.8. The van der Waals surface area contributed by atoms with Crippen molar-refractivity contribution in [2.75, 3.05) is 0 Å². The van der Waals surface area contributed by atoms with Crippen LogP contribution >= 0.6 is 7.82 Å². The first-order chi connectivity index (χ1) is 11.8. The van der Waals surface area contributed by atoms with Gasteiger partial charge in [-0.1, -0.05) is 96.8 Å². The number of carboxylic acids is 1. The van der Waals surface area contributed by atoms with Crippen LogP contribution in [0.5, 0.6) is 0 Å². The summed E-state index contributed by atoms with van der Waals surface area (Å²) in [5, 5.41) is 8.52. The van der Waals surface area contributed by atoms with Crippen molar-refractivity contribution < 1.29 is 80.5 Å². The van der Waals surface area contributed by atoms with Crippen molar-refractivity contribution in [2.45, 2.75) is 110 Å². The van der Waals surface area contributed by atoms with Gasteiger partial charge >= 0.3 is 57.4 Å². The average Bonchev–Trinajstić information content (AvgIpc) is 2.49. The predicted octanol–water partition coefficient (Wildman–Crippen LogP) is 1.78. The molecule has 0 radical (unpaired) electrons. The van der Waals surface area contributed by atoms with Crippen LogP contribution in [0.4, 0.5) is 0 Å². The largest absolute Gasteiger partial charge is 1.00 e. The SMILES string of the molecule is CCCCCCCCCCCCCCCCCC(=O)O.O=P([O-])(O)O.[K+]. The Morgan fingerprint density at radius 1 is 0.731 bits per heavy atom. The van der Waals surface area contributed by atoms with E-state index in [1.807, 2.05) is 0 Å². The van der Waals surface area contributed by atoms with E-state index in [1.165, 1.54) is 83.5 Å². The summed E-state index contributed by atoms with van der Waals surface area (Å²) >= 11 is 0. The molecule has 0 bridgehead atoms. The smallest absolute Gasteiger partial charge is 0.756 e. The van der Waals surface area contributed by atoms with E-state index in [1.54, 1.807) is 0 Å². The Bertz CT molecular complexity index is 327. The van der Waals surface area contributed by atoms with Crippen molar-refractivity contribution in [1.29, 1.82) is 0 Å². The van der Waals surface area contributed by atoms with Crippen LogP contribution in [0.25, 0.3) is 0 Å². The number of hydrogen-bond donors (Lipinski definition) is 3. The molecule has 26 heavy (non-hydrogen) atoms. The van der Waals surface area contributed by atoms with Crippen LogP contribution in [-0.4, -0.2) is 20.9 Å². The van der Waals surface area contributed by atoms with Crippen molar-refractivity contribution in [3.63, 3.8) is 0 Å². The molecule has 0 unspecified atom stereocenters. The number of phosphoric acid groups is 1. The molecule has 0 heterocycles. The number of carboxylic acid groups (broad SMARTS) is 1. The quantitative estimate of drug-likeness (QED) is 0.199. The minimum Gasteiger partial charge on any atom is -0.756 e. The second kappa shape index (κ2) is 24.3. The number of aliphatic carboxylic acids is 1. The fourth-order valence-corrected chi connectivity index (χ4v) is 2.65. The first-order valence-corrected chi connectivity index (χ1v) is 11.3. The van der Waals surface area contributed by atoms with Crippen LogP contribution in [0, 0.1) is 0 Å². The van der Waals surface area contributed by atoms with Gasteiger partial charge in [-0.15, -0.1) is 0 Å². The predicted molar refractivity (Wildman–Crippen MR) is 99.2 cm³/mol. The third kappa shape index (κ3) is 44.6. The van der Waals surface area contributed by atoms with E-state index in [0.29, 0.717) is 6.42 Å². The zero-order valence-electron chi connectivity index (χ0n) is 16.8. The fourth-order valence-electron chi connectivity index (χ4n) is 2.65. The zero-order chi connectivity index (χ0) is 19.4. The van der Waals surface area contributed by atoms with E-state index in [0.717, 1.165) is 12.8 Å². The maximum atomic E-state index is 10.3. The molecule has 0 amide bonds. The summed E-state index contributed by atoms with van der Waals surface area (Å²) < 4.78 is 8.77.